The number of aromatic nitrogens is 1. The van der Waals surface area contributed by atoms with E-state index in [1.165, 1.54) is 0 Å². The van der Waals surface area contributed by atoms with Crippen molar-refractivity contribution in [3.8, 4) is 5.75 Å². The highest BCUT2D eigenvalue weighted by molar-refractivity contribution is 6.35. The number of morpholine rings is 1. The van der Waals surface area contributed by atoms with Crippen molar-refractivity contribution in [2.24, 2.45) is 0 Å². The summed E-state index contributed by atoms with van der Waals surface area (Å²) in [5.74, 6) is 1.10. The summed E-state index contributed by atoms with van der Waals surface area (Å²) in [6.07, 6.45) is 1.08. The fourth-order valence-electron chi connectivity index (χ4n) is 2.65. The van der Waals surface area contributed by atoms with E-state index in [0.29, 0.717) is 22.3 Å². The van der Waals surface area contributed by atoms with E-state index in [-0.39, 0.29) is 5.91 Å². The topological polar surface area (TPSA) is 63.7 Å². The third-order valence-corrected chi connectivity index (χ3v) is 4.71. The van der Waals surface area contributed by atoms with Crippen molar-refractivity contribution in [1.29, 1.82) is 0 Å². The molecule has 1 saturated heterocycles. The van der Waals surface area contributed by atoms with Crippen LogP contribution in [-0.2, 0) is 16.1 Å². The minimum atomic E-state index is -0.691. The van der Waals surface area contributed by atoms with Crippen LogP contribution < -0.4 is 15.0 Å². The van der Waals surface area contributed by atoms with Crippen LogP contribution in [0.3, 0.4) is 0 Å². The number of carbonyl (C=O) groups is 1. The highest BCUT2D eigenvalue weighted by Crippen LogP contribution is 2.28. The van der Waals surface area contributed by atoms with Crippen LogP contribution >= 0.6 is 23.2 Å². The Labute approximate surface area is 168 Å². The molecule has 2 aromatic rings. The molecule has 1 aliphatic heterocycles. The lowest BCUT2D eigenvalue weighted by molar-refractivity contribution is -0.127. The van der Waals surface area contributed by atoms with Crippen molar-refractivity contribution in [3.05, 3.63) is 52.1 Å². The Bertz CT molecular complexity index is 780. The molecule has 1 aromatic carbocycles. The summed E-state index contributed by atoms with van der Waals surface area (Å²) in [6.45, 7) is 5.15. The molecule has 1 aromatic heterocycles. The number of hydrogen-bond acceptors (Lipinski definition) is 5. The average Bonchev–Trinajstić information content (AvgIpc) is 2.69. The molecular weight excluding hydrogens is 389 g/mol. The van der Waals surface area contributed by atoms with E-state index in [1.54, 1.807) is 31.3 Å². The van der Waals surface area contributed by atoms with E-state index < -0.39 is 6.10 Å². The highest BCUT2D eigenvalue weighted by Gasteiger charge is 2.16. The molecule has 1 atom stereocenters. The maximum absolute atomic E-state index is 12.3. The first-order chi connectivity index (χ1) is 13.0. The molecule has 3 rings (SSSR count). The molecule has 1 N–H and O–H groups in total. The second kappa shape index (κ2) is 9.26. The van der Waals surface area contributed by atoms with Crippen molar-refractivity contribution in [1.82, 2.24) is 10.3 Å². The Morgan fingerprint density at radius 2 is 2.07 bits per heavy atom. The van der Waals surface area contributed by atoms with Crippen LogP contribution in [0.15, 0.2) is 36.5 Å². The van der Waals surface area contributed by atoms with Gasteiger partial charge in [0.1, 0.15) is 11.6 Å². The smallest absolute Gasteiger partial charge is 0.261 e. The van der Waals surface area contributed by atoms with Crippen molar-refractivity contribution in [3.63, 3.8) is 0 Å². The lowest BCUT2D eigenvalue weighted by Crippen LogP contribution is -2.37. The van der Waals surface area contributed by atoms with E-state index in [9.17, 15) is 4.79 Å². The lowest BCUT2D eigenvalue weighted by atomic mass is 10.2. The molecule has 27 heavy (non-hydrogen) atoms. The van der Waals surface area contributed by atoms with E-state index in [2.05, 4.69) is 15.2 Å². The minimum Gasteiger partial charge on any atom is -0.479 e. The summed E-state index contributed by atoms with van der Waals surface area (Å²) < 4.78 is 11.0. The normalized spacial score (nSPS) is 15.3. The predicted octanol–water partition coefficient (Wildman–Crippen LogP) is 3.31. The quantitative estimate of drug-likeness (QED) is 0.792. The van der Waals surface area contributed by atoms with Gasteiger partial charge in [0.2, 0.25) is 0 Å². The zero-order valence-electron chi connectivity index (χ0n) is 15.0. The molecule has 1 unspecified atom stereocenters. The van der Waals surface area contributed by atoms with E-state index >= 15 is 0 Å². The highest BCUT2D eigenvalue weighted by atomic mass is 35.5. The van der Waals surface area contributed by atoms with Gasteiger partial charge in [-0.05, 0) is 36.8 Å². The maximum Gasteiger partial charge on any atom is 0.261 e. The van der Waals surface area contributed by atoms with Gasteiger partial charge in [0.25, 0.3) is 5.91 Å². The van der Waals surface area contributed by atoms with Gasteiger partial charge < -0.3 is 19.7 Å². The lowest BCUT2D eigenvalue weighted by Gasteiger charge is -2.27. The second-order valence-electron chi connectivity index (χ2n) is 6.18. The Kier molecular flexibility index (Phi) is 6.77. The molecule has 0 radical (unpaired) electrons. The Morgan fingerprint density at radius 3 is 2.74 bits per heavy atom. The number of ether oxygens (including phenoxy) is 2. The van der Waals surface area contributed by atoms with Crippen LogP contribution in [0.1, 0.15) is 12.5 Å². The fraction of sp³-hybridized carbons (Fsp3) is 0.368. The van der Waals surface area contributed by atoms with E-state index in [0.717, 1.165) is 37.7 Å². The molecular formula is C19H21Cl2N3O3. The summed E-state index contributed by atoms with van der Waals surface area (Å²) >= 11 is 11.9. The number of hydrogen-bond donors (Lipinski definition) is 1. The molecule has 0 aliphatic carbocycles. The molecule has 1 fully saturated rings. The van der Waals surface area contributed by atoms with Gasteiger partial charge in [-0.2, -0.15) is 0 Å². The van der Waals surface area contributed by atoms with Gasteiger partial charge >= 0.3 is 0 Å². The summed E-state index contributed by atoms with van der Waals surface area (Å²) in [5, 5.41) is 3.72. The van der Waals surface area contributed by atoms with Crippen LogP contribution in [0.2, 0.25) is 10.0 Å². The molecule has 2 heterocycles. The number of carbonyl (C=O) groups excluding carboxylic acids is 1. The van der Waals surface area contributed by atoms with Gasteiger partial charge in [-0.1, -0.05) is 29.3 Å². The van der Waals surface area contributed by atoms with Gasteiger partial charge in [-0.15, -0.1) is 0 Å². The molecule has 0 saturated carbocycles. The zero-order valence-corrected chi connectivity index (χ0v) is 16.5. The number of rotatable bonds is 6. The number of amides is 1. The van der Waals surface area contributed by atoms with Gasteiger partial charge in [0.05, 0.1) is 18.2 Å². The summed E-state index contributed by atoms with van der Waals surface area (Å²) in [6, 6.07) is 8.79. The van der Waals surface area contributed by atoms with Crippen molar-refractivity contribution >= 4 is 34.9 Å². The predicted molar refractivity (Wildman–Crippen MR) is 106 cm³/mol. The van der Waals surface area contributed by atoms with Gasteiger partial charge in [0.15, 0.2) is 6.10 Å². The van der Waals surface area contributed by atoms with Gasteiger partial charge in [-0.3, -0.25) is 4.79 Å². The van der Waals surface area contributed by atoms with Crippen LogP contribution in [0.5, 0.6) is 5.75 Å². The zero-order chi connectivity index (χ0) is 19.2. The Balaban J connectivity index is 1.50. The number of benzene rings is 1. The van der Waals surface area contributed by atoms with E-state index in [1.807, 2.05) is 12.1 Å². The third kappa shape index (κ3) is 5.48. The van der Waals surface area contributed by atoms with Crippen molar-refractivity contribution in [2.75, 3.05) is 31.2 Å². The number of pyridine rings is 1. The molecule has 8 heteroatoms. The largest absolute Gasteiger partial charge is 0.479 e. The number of anilines is 1. The van der Waals surface area contributed by atoms with Crippen molar-refractivity contribution < 1.29 is 14.3 Å². The third-order valence-electron chi connectivity index (χ3n) is 4.18. The fourth-order valence-corrected chi connectivity index (χ4v) is 3.10. The molecule has 0 bridgehead atoms. The first-order valence-corrected chi connectivity index (χ1v) is 9.45. The first-order valence-electron chi connectivity index (χ1n) is 8.70. The molecule has 1 amide bonds. The SMILES string of the molecule is CC(Oc1ccc(Cl)cc1Cl)C(=O)NCc1ccc(N2CCOCC2)nc1. The molecule has 0 spiro atoms. The summed E-state index contributed by atoms with van der Waals surface area (Å²) in [7, 11) is 0. The van der Waals surface area contributed by atoms with Gasteiger partial charge in [0, 0.05) is 30.9 Å². The van der Waals surface area contributed by atoms with E-state index in [4.69, 9.17) is 32.7 Å². The Hall–Kier alpha value is -2.02. The van der Waals surface area contributed by atoms with Gasteiger partial charge in [-0.25, -0.2) is 4.98 Å². The van der Waals surface area contributed by atoms with Crippen LogP contribution in [0.4, 0.5) is 5.82 Å². The second-order valence-corrected chi connectivity index (χ2v) is 7.02. The molecule has 1 aliphatic rings. The molecule has 6 nitrogen and oxygen atoms in total. The van der Waals surface area contributed by atoms with Crippen LogP contribution in [0.25, 0.3) is 0 Å². The first kappa shape index (κ1) is 19.7. The van der Waals surface area contributed by atoms with Crippen LogP contribution in [-0.4, -0.2) is 43.3 Å². The Morgan fingerprint density at radius 1 is 1.30 bits per heavy atom. The number of halogens is 2. The molecule has 144 valence electrons. The number of nitrogens with zero attached hydrogens (tertiary/aromatic N) is 2. The summed E-state index contributed by atoms with van der Waals surface area (Å²) in [4.78, 5) is 18.9. The van der Waals surface area contributed by atoms with Crippen molar-refractivity contribution in [2.45, 2.75) is 19.6 Å². The standard InChI is InChI=1S/C19H21Cl2N3O3/c1-13(27-17-4-3-15(20)10-16(17)21)19(25)23-12-14-2-5-18(22-11-14)24-6-8-26-9-7-24/h2-5,10-11,13H,6-9,12H2,1H3,(H,23,25). The number of nitrogens with one attached hydrogen (secondary N) is 1. The minimum absolute atomic E-state index is 0.238. The average molecular weight is 410 g/mol. The maximum atomic E-state index is 12.3. The van der Waals surface area contributed by atoms with Crippen LogP contribution in [0, 0.1) is 0 Å². The monoisotopic (exact) mass is 409 g/mol. The summed E-state index contributed by atoms with van der Waals surface area (Å²) in [5.41, 5.74) is 0.914.